The van der Waals surface area contributed by atoms with Gasteiger partial charge in [-0.2, -0.15) is 0 Å². The number of aliphatic hydroxyl groups is 12. The van der Waals surface area contributed by atoms with Gasteiger partial charge in [0.15, 0.2) is 36.2 Å². The number of methoxy groups -OCH3 is 1. The summed E-state index contributed by atoms with van der Waals surface area (Å²) in [5.41, 5.74) is 11.4. The molecule has 11 bridgehead atoms. The van der Waals surface area contributed by atoms with Crippen LogP contribution in [0.1, 0.15) is 95.5 Å². The fourth-order valence-electron chi connectivity index (χ4n) is 16.2. The van der Waals surface area contributed by atoms with Gasteiger partial charge in [0.2, 0.25) is 53.8 Å². The smallest absolute Gasteiger partial charge is 0.330 e. The molecule has 10 aliphatic rings. The number of ether oxygens (including phenoxy) is 11. The Morgan fingerprint density at radius 2 is 1.24 bits per heavy atom. The van der Waals surface area contributed by atoms with E-state index in [1.807, 2.05) is 0 Å². The molecule has 4 fully saturated rings. The summed E-state index contributed by atoms with van der Waals surface area (Å²) in [6, 6.07) is 9.62. The van der Waals surface area contributed by atoms with E-state index in [9.17, 15) is 86.2 Å². The number of carbonyl (C=O) groups is 7. The van der Waals surface area contributed by atoms with Crippen LogP contribution in [0.4, 0.5) is 0 Å². The average Bonchev–Trinajstić information content (AvgIpc) is 0.753. The van der Waals surface area contributed by atoms with Crippen LogP contribution in [0.25, 0.3) is 0 Å². The van der Waals surface area contributed by atoms with Gasteiger partial charge >= 0.3 is 5.97 Å². The van der Waals surface area contributed by atoms with E-state index in [2.05, 4.69) is 31.9 Å². The number of rotatable bonds is 17. The van der Waals surface area contributed by atoms with Gasteiger partial charge in [-0.05, 0) is 107 Å². The lowest BCUT2D eigenvalue weighted by Crippen LogP contribution is -2.64. The number of carboxylic acid groups (broad SMARTS) is 1. The molecule has 0 radical (unpaired) electrons. The second-order valence-corrected chi connectivity index (χ2v) is 32.0. The number of amides is 6. The second-order valence-electron chi connectivity index (χ2n) is 31.5. The molecule has 9 aliphatic heterocycles. The highest BCUT2D eigenvalue weighted by molar-refractivity contribution is 6.32. The van der Waals surface area contributed by atoms with E-state index in [1.54, 1.807) is 37.3 Å². The Hall–Kier alpha value is -10.7. The van der Waals surface area contributed by atoms with Gasteiger partial charge in [0, 0.05) is 43.5 Å². The number of carboxylic acids is 1. The number of aliphatic carboxylic acids is 1. The lowest BCUT2D eigenvalue weighted by atomic mass is 9.80. The van der Waals surface area contributed by atoms with Crippen molar-refractivity contribution in [2.75, 3.05) is 20.3 Å². The third-order valence-electron chi connectivity index (χ3n) is 23.1. The van der Waals surface area contributed by atoms with Gasteiger partial charge < -0.3 is 172 Å². The van der Waals surface area contributed by atoms with Gasteiger partial charge in [0.25, 0.3) is 0 Å². The number of nitrogens with one attached hydrogen (secondary N) is 6. The number of aromatic hydroxyl groups is 2. The van der Waals surface area contributed by atoms with Crippen molar-refractivity contribution < 1.29 is 162 Å². The Morgan fingerprint density at radius 1 is 0.595 bits per heavy atom. The van der Waals surface area contributed by atoms with E-state index < -0.39 is 300 Å². The van der Waals surface area contributed by atoms with E-state index in [1.165, 1.54) is 80.8 Å². The van der Waals surface area contributed by atoms with Gasteiger partial charge in [-0.3, -0.25) is 28.8 Å². The molecule has 1 aliphatic carbocycles. The number of phenols is 2. The molecule has 16 rings (SSSR count). The molecule has 126 heavy (non-hydrogen) atoms. The highest BCUT2D eigenvalue weighted by Gasteiger charge is 2.54. The molecule has 6 amide bonds. The number of nitrogens with two attached hydrogens (primary N) is 2. The van der Waals surface area contributed by atoms with Gasteiger partial charge in [0.05, 0.1) is 42.7 Å². The zero-order chi connectivity index (χ0) is 90.3. The number of benzene rings is 6. The van der Waals surface area contributed by atoms with Crippen molar-refractivity contribution in [3.63, 3.8) is 0 Å². The van der Waals surface area contributed by atoms with E-state index in [0.717, 1.165) is 42.5 Å². The van der Waals surface area contributed by atoms with E-state index in [-0.39, 0.29) is 40.2 Å². The van der Waals surface area contributed by atoms with Crippen molar-refractivity contribution in [1.29, 1.82) is 0 Å². The van der Waals surface area contributed by atoms with Crippen LogP contribution >= 0.6 is 11.6 Å². The van der Waals surface area contributed by atoms with Crippen molar-refractivity contribution in [2.24, 2.45) is 11.5 Å². The minimum absolute atomic E-state index is 0.107. The summed E-state index contributed by atoms with van der Waals surface area (Å²) in [5.74, 6) is -15.9. The summed E-state index contributed by atoms with van der Waals surface area (Å²) >= 11 is 7.44. The Kier molecular flexibility index (Phi) is 28.0. The number of carbonyl (C=O) groups excluding carboxylic acids is 6. The molecule has 4 saturated heterocycles. The number of phenolic OH excluding ortho intramolecular Hbond substituents is 2. The second kappa shape index (κ2) is 38.5. The predicted molar refractivity (Wildman–Crippen MR) is 427 cm³/mol. The van der Waals surface area contributed by atoms with Crippen molar-refractivity contribution in [3.05, 3.63) is 189 Å². The molecule has 0 aromatic heterocycles. The van der Waals surface area contributed by atoms with Crippen molar-refractivity contribution in [3.8, 4) is 46.0 Å². The van der Waals surface area contributed by atoms with Gasteiger partial charge in [0.1, 0.15) is 138 Å². The summed E-state index contributed by atoms with van der Waals surface area (Å²) in [4.78, 5) is 110. The summed E-state index contributed by atoms with van der Waals surface area (Å²) < 4.78 is 69.2. The van der Waals surface area contributed by atoms with Crippen LogP contribution in [-0.4, -0.2) is 285 Å². The lowest BCUT2D eigenvalue weighted by Gasteiger charge is -2.45. The summed E-state index contributed by atoms with van der Waals surface area (Å²) in [6.45, 7) is 0.861. The summed E-state index contributed by atoms with van der Waals surface area (Å²) in [5, 5.41) is 185. The maximum atomic E-state index is 16.9. The number of fused-ring (bicyclic) bond motifs is 14. The van der Waals surface area contributed by atoms with Crippen LogP contribution in [0.2, 0.25) is 5.02 Å². The van der Waals surface area contributed by atoms with Crippen LogP contribution < -0.4 is 62.3 Å². The highest BCUT2D eigenvalue weighted by Crippen LogP contribution is 2.50. The topological polar surface area (TPSA) is 649 Å². The van der Waals surface area contributed by atoms with Crippen LogP contribution in [0.15, 0.2) is 145 Å². The van der Waals surface area contributed by atoms with Crippen LogP contribution in [0, 0.1) is 0 Å². The first kappa shape index (κ1) is 91.5. The van der Waals surface area contributed by atoms with Crippen molar-refractivity contribution in [1.82, 2.24) is 31.9 Å². The molecule has 6 aromatic rings. The largest absolute Gasteiger partial charge is 0.508 e. The number of aliphatic hydroxyl groups excluding tert-OH is 12. The third kappa shape index (κ3) is 19.1. The summed E-state index contributed by atoms with van der Waals surface area (Å²) in [7, 11) is 1.37. The molecule has 0 saturated carbocycles. The maximum absolute atomic E-state index is 16.9. The first-order chi connectivity index (χ1) is 60.1. The fraction of sp³-hybridized carbons (Fsp3) is 0.440. The van der Waals surface area contributed by atoms with E-state index in [0.29, 0.717) is 5.56 Å². The lowest BCUT2D eigenvalue weighted by molar-refractivity contribution is -0.354. The highest BCUT2D eigenvalue weighted by atomic mass is 35.5. The minimum atomic E-state index is -2.41. The molecule has 6 aromatic carbocycles. The van der Waals surface area contributed by atoms with Crippen LogP contribution in [0.3, 0.4) is 0 Å². The predicted octanol–water partition coefficient (Wildman–Crippen LogP) is -2.92. The molecule has 676 valence electrons. The normalized spacial score (nSPS) is 34.4. The molecule has 3 unspecified atom stereocenters. The van der Waals surface area contributed by atoms with Crippen LogP contribution in [0.5, 0.6) is 46.0 Å². The van der Waals surface area contributed by atoms with Gasteiger partial charge in [-0.15, -0.1) is 0 Å². The first-order valence-corrected chi connectivity index (χ1v) is 40.4. The van der Waals surface area contributed by atoms with Gasteiger partial charge in [-0.1, -0.05) is 90.5 Å². The van der Waals surface area contributed by atoms with Crippen LogP contribution in [-0.2, 0) is 73.1 Å². The monoisotopic (exact) mass is 1780 g/mol. The molecule has 9 heterocycles. The van der Waals surface area contributed by atoms with Gasteiger partial charge in [-0.25, -0.2) is 4.79 Å². The third-order valence-corrected chi connectivity index (χ3v) is 23.4. The first-order valence-electron chi connectivity index (χ1n) is 40.0. The number of hydrogen-bond acceptors (Lipinski definition) is 34. The molecule has 30 atom stereocenters. The molecule has 41 nitrogen and oxygen atoms in total. The SMILES string of the molecule is CO[C@H]1[C@H](C)O[C@H](O[C@H]2c3ccc(c(Cl)c3)Oc3cc4cc(c3O[C@@H]3O[C@@H](CO)[C@@H](O)[C@H](O)[C@H]3O[C@@H]3O[C@H](C)[C@H](O)[C@@H](O)[C@H]3O)Oc3ccc(cc3)[C@@H](O)[C@@H](NC(=O)[C@@H](N)c3ccc(O)cc3)C(=O)N[C@@H](Cc3ccccc3)C(=O)N[C@H]4C(=O)N[C@@H]3C(=O)NC2C(=O)N[C@H](C(=O)O)c2cc(O)cc(O[C@H]4O[C@H](CO)[C@@H](O)[C@H](O)[C@@H]4O)c2C2C=C3C=CC2O)C[C@@H]1N. The molecule has 25 N–H and O–H groups in total. The fourth-order valence-corrected chi connectivity index (χ4v) is 16.5. The Bertz CT molecular complexity index is 5050. The minimum Gasteiger partial charge on any atom is -0.508 e. The molecular weight excluding hydrogens is 1680 g/mol. The zero-order valence-corrected chi connectivity index (χ0v) is 67.8. The average molecular weight is 1780 g/mol. The van der Waals surface area contributed by atoms with Crippen molar-refractivity contribution in [2.45, 2.75) is 210 Å². The molecular formula is C84H95ClN8O33. The Labute approximate surface area is 720 Å². The Morgan fingerprint density at radius 3 is 1.90 bits per heavy atom. The maximum Gasteiger partial charge on any atom is 0.330 e. The Balaban J connectivity index is 1.01. The quantitative estimate of drug-likeness (QED) is 0.0435. The molecule has 42 heteroatoms. The zero-order valence-electron chi connectivity index (χ0n) is 67.0. The van der Waals surface area contributed by atoms with E-state index >= 15 is 24.0 Å². The summed E-state index contributed by atoms with van der Waals surface area (Å²) in [6.07, 6.45) is -35.9. The molecule has 0 spiro atoms. The number of hydrogen-bond donors (Lipinski definition) is 23. The number of halogens is 1. The standard InChI is InChI=1S/C84H95ClN8O33/c1-31-62(99)66(103)69(106)82(118-31)126-74-68(105)65(102)53(30-95)123-84(74)125-73-50-24-38-25-51(73)120-48-20-14-37(23-44(48)85)72(124-54-28-45(86)71(116-3)32(2)117-54)61-80(113)91-59(81(114)115)43-26-40(97)27-49(121-83-70(107)67(104)64(101)52(29-94)122-83)55(43)42-22-36(13-19-47(42)98)57(77(110)93-61)90-78(111)58(38)89-75(108)46(21-33-7-5-4-6-8-33)88-79(112)60(63(100)35-11-17-41(119-50)18-12-35)92-76(109)56(87)34-9-15-39(96)16-10-34/h4-20,22-27,31-32,42,45-47,52-54,56-72,74,82-84,94-107H,21,28-30,86-87H2,1-3H3,(H,88,112)(H,89,108)(H,90,111)(H,91,113)(H,92,109)(H,93,110)(H,114,115)/t31-,32+,42?,45+,46+,47?,52-,53+,54-,56+,57+,58-,59+,60-,61?,62+,63-,64-,65-,66-,67+,68+,69-,70+,71+,72+,74-,82+,83+,84+/m1/s1. The van der Waals surface area contributed by atoms with E-state index in [4.69, 9.17) is 75.2 Å². The van der Waals surface area contributed by atoms with Crippen molar-refractivity contribution >= 4 is 53.0 Å².